The summed E-state index contributed by atoms with van der Waals surface area (Å²) in [5.74, 6) is -1.33. The molecular weight excluding hydrogens is 280 g/mol. The summed E-state index contributed by atoms with van der Waals surface area (Å²) in [7, 11) is -3.85. The molecule has 0 aliphatic carbocycles. The zero-order valence-electron chi connectivity index (χ0n) is 11.2. The number of H-pyrrole nitrogens is 1. The second kappa shape index (κ2) is 5.26. The number of aromatic nitrogens is 1. The van der Waals surface area contributed by atoms with Gasteiger partial charge in [0.1, 0.15) is 6.04 Å². The van der Waals surface area contributed by atoms with Crippen LogP contribution in [0.15, 0.2) is 30.5 Å². The molecular formula is C13H16N2O4S. The first-order chi connectivity index (χ1) is 9.29. The van der Waals surface area contributed by atoms with Crippen LogP contribution in [0.25, 0.3) is 10.9 Å². The van der Waals surface area contributed by atoms with Crippen molar-refractivity contribution in [3.8, 4) is 0 Å². The number of nitrogens with one attached hydrogen (secondary N) is 1. The van der Waals surface area contributed by atoms with E-state index in [-0.39, 0.29) is 5.92 Å². The van der Waals surface area contributed by atoms with Crippen molar-refractivity contribution >= 4 is 27.0 Å². The predicted molar refractivity (Wildman–Crippen MR) is 75.6 cm³/mol. The molecule has 0 radical (unpaired) electrons. The van der Waals surface area contributed by atoms with Crippen LogP contribution in [-0.2, 0) is 19.1 Å². The zero-order valence-corrected chi connectivity index (χ0v) is 12.0. The van der Waals surface area contributed by atoms with E-state index >= 15 is 0 Å². The Kier molecular flexibility index (Phi) is 3.82. The minimum atomic E-state index is -3.85. The highest BCUT2D eigenvalue weighted by atomic mass is 32.2. The highest BCUT2D eigenvalue weighted by Crippen LogP contribution is 2.27. The summed E-state index contributed by atoms with van der Waals surface area (Å²) in [4.78, 5) is 14.8. The number of nitrogens with two attached hydrogens (primary N) is 1. The van der Waals surface area contributed by atoms with E-state index in [0.717, 1.165) is 22.7 Å². The molecule has 3 N–H and O–H groups in total. The Bertz CT molecular complexity index is 736. The van der Waals surface area contributed by atoms with Crippen LogP contribution in [-0.4, -0.2) is 31.7 Å². The molecule has 20 heavy (non-hydrogen) atoms. The lowest BCUT2D eigenvalue weighted by Gasteiger charge is -2.17. The average Bonchev–Trinajstić information content (AvgIpc) is 2.78. The standard InChI is InChI=1S/C13H16N2O4S/c1-8(12(14)13(16)19-20(2,17)18)10-7-15-11-6-4-3-5-9(10)11/h3-8,12,15H,14H2,1-2H3/t8-,12+/m0/s1. The number of benzene rings is 1. The van der Waals surface area contributed by atoms with E-state index in [1.54, 1.807) is 13.1 Å². The summed E-state index contributed by atoms with van der Waals surface area (Å²) < 4.78 is 26.3. The topological polar surface area (TPSA) is 102 Å². The van der Waals surface area contributed by atoms with Crippen molar-refractivity contribution in [2.45, 2.75) is 18.9 Å². The van der Waals surface area contributed by atoms with E-state index in [2.05, 4.69) is 9.17 Å². The maximum Gasteiger partial charge on any atom is 0.339 e. The van der Waals surface area contributed by atoms with Gasteiger partial charge >= 0.3 is 16.1 Å². The molecule has 0 bridgehead atoms. The first kappa shape index (κ1) is 14.5. The van der Waals surface area contributed by atoms with Crippen LogP contribution >= 0.6 is 0 Å². The van der Waals surface area contributed by atoms with E-state index in [1.807, 2.05) is 24.3 Å². The Morgan fingerprint density at radius 1 is 1.35 bits per heavy atom. The molecule has 2 aromatic rings. The van der Waals surface area contributed by atoms with Gasteiger partial charge in [0.15, 0.2) is 0 Å². The molecule has 0 saturated carbocycles. The second-order valence-corrected chi connectivity index (χ2v) is 6.29. The number of para-hydroxylation sites is 1. The molecule has 0 saturated heterocycles. The number of rotatable bonds is 4. The highest BCUT2D eigenvalue weighted by molar-refractivity contribution is 7.86. The minimum Gasteiger partial charge on any atom is -0.361 e. The number of carbonyl (C=O) groups is 1. The Balaban J connectivity index is 2.27. The summed E-state index contributed by atoms with van der Waals surface area (Å²) in [6, 6.07) is 6.54. The van der Waals surface area contributed by atoms with Crippen molar-refractivity contribution in [3.05, 3.63) is 36.0 Å². The van der Waals surface area contributed by atoms with Crippen LogP contribution in [0.3, 0.4) is 0 Å². The summed E-state index contributed by atoms with van der Waals surface area (Å²) in [5, 5.41) is 0.947. The Morgan fingerprint density at radius 2 is 2.00 bits per heavy atom. The van der Waals surface area contributed by atoms with Crippen molar-refractivity contribution in [2.24, 2.45) is 5.73 Å². The molecule has 0 spiro atoms. The number of fused-ring (bicyclic) bond motifs is 1. The van der Waals surface area contributed by atoms with E-state index in [9.17, 15) is 13.2 Å². The van der Waals surface area contributed by atoms with Crippen molar-refractivity contribution in [3.63, 3.8) is 0 Å². The summed E-state index contributed by atoms with van der Waals surface area (Å²) >= 11 is 0. The number of carbonyl (C=O) groups excluding carboxylic acids is 1. The Labute approximate surface area is 117 Å². The molecule has 0 aliphatic rings. The van der Waals surface area contributed by atoms with Crippen LogP contribution in [0.2, 0.25) is 0 Å². The molecule has 1 aromatic heterocycles. The third-order valence-corrected chi connectivity index (χ3v) is 3.62. The van der Waals surface area contributed by atoms with Crippen LogP contribution in [0.5, 0.6) is 0 Å². The lowest BCUT2D eigenvalue weighted by molar-refractivity contribution is -0.135. The third-order valence-electron chi connectivity index (χ3n) is 3.16. The molecule has 0 aliphatic heterocycles. The number of hydrogen-bond acceptors (Lipinski definition) is 5. The summed E-state index contributed by atoms with van der Waals surface area (Å²) in [6.07, 6.45) is 2.58. The summed E-state index contributed by atoms with van der Waals surface area (Å²) in [5.41, 5.74) is 7.57. The molecule has 0 fully saturated rings. The third kappa shape index (κ3) is 3.00. The van der Waals surface area contributed by atoms with E-state index < -0.39 is 22.1 Å². The normalized spacial score (nSPS) is 14.9. The lowest BCUT2D eigenvalue weighted by atomic mass is 9.93. The van der Waals surface area contributed by atoms with Crippen molar-refractivity contribution in [1.82, 2.24) is 4.98 Å². The molecule has 0 unspecified atom stereocenters. The average molecular weight is 296 g/mol. The Hall–Kier alpha value is -1.86. The van der Waals surface area contributed by atoms with Gasteiger partial charge in [0, 0.05) is 23.0 Å². The van der Waals surface area contributed by atoms with E-state index in [4.69, 9.17) is 5.73 Å². The predicted octanol–water partition coefficient (Wildman–Crippen LogP) is 1.10. The monoisotopic (exact) mass is 296 g/mol. The SMILES string of the molecule is C[C@@H](c1c[nH]c2ccccc12)[C@@H](N)C(=O)OS(C)(=O)=O. The molecule has 7 heteroatoms. The smallest absolute Gasteiger partial charge is 0.339 e. The van der Waals surface area contributed by atoms with Gasteiger partial charge in [-0.3, -0.25) is 0 Å². The number of aromatic amines is 1. The molecule has 2 atom stereocenters. The molecule has 1 heterocycles. The van der Waals surface area contributed by atoms with Crippen molar-refractivity contribution in [2.75, 3.05) is 6.26 Å². The maximum atomic E-state index is 11.7. The van der Waals surface area contributed by atoms with Crippen LogP contribution in [0.4, 0.5) is 0 Å². The highest BCUT2D eigenvalue weighted by Gasteiger charge is 2.27. The largest absolute Gasteiger partial charge is 0.361 e. The fourth-order valence-corrected chi connectivity index (χ4v) is 2.48. The van der Waals surface area contributed by atoms with Gasteiger partial charge in [0.25, 0.3) is 0 Å². The van der Waals surface area contributed by atoms with E-state index in [0.29, 0.717) is 0 Å². The first-order valence-electron chi connectivity index (χ1n) is 6.04. The second-order valence-electron chi connectivity index (χ2n) is 4.71. The number of hydrogen-bond donors (Lipinski definition) is 2. The molecule has 2 rings (SSSR count). The Morgan fingerprint density at radius 3 is 2.65 bits per heavy atom. The van der Waals surface area contributed by atoms with Gasteiger partial charge in [-0.25, -0.2) is 4.79 Å². The fraction of sp³-hybridized carbons (Fsp3) is 0.308. The van der Waals surface area contributed by atoms with Gasteiger partial charge in [-0.15, -0.1) is 0 Å². The van der Waals surface area contributed by atoms with Crippen LogP contribution in [0.1, 0.15) is 18.4 Å². The molecule has 1 aromatic carbocycles. The summed E-state index contributed by atoms with van der Waals surface area (Å²) in [6.45, 7) is 1.75. The van der Waals surface area contributed by atoms with Gasteiger partial charge in [-0.1, -0.05) is 25.1 Å². The zero-order chi connectivity index (χ0) is 14.9. The van der Waals surface area contributed by atoms with Crippen LogP contribution in [0, 0.1) is 0 Å². The van der Waals surface area contributed by atoms with E-state index in [1.165, 1.54) is 0 Å². The van der Waals surface area contributed by atoms with Crippen LogP contribution < -0.4 is 5.73 Å². The van der Waals surface area contributed by atoms with Crippen molar-refractivity contribution in [1.29, 1.82) is 0 Å². The van der Waals surface area contributed by atoms with Gasteiger partial charge in [-0.2, -0.15) is 8.42 Å². The van der Waals surface area contributed by atoms with Gasteiger partial charge in [0.2, 0.25) is 0 Å². The maximum absolute atomic E-state index is 11.7. The fourth-order valence-electron chi connectivity index (χ4n) is 2.07. The van der Waals surface area contributed by atoms with Gasteiger partial charge in [0.05, 0.1) is 6.26 Å². The lowest BCUT2D eigenvalue weighted by Crippen LogP contribution is -2.38. The quantitative estimate of drug-likeness (QED) is 0.823. The minimum absolute atomic E-state index is 0.375. The van der Waals surface area contributed by atoms with Gasteiger partial charge in [-0.05, 0) is 11.6 Å². The molecule has 0 amide bonds. The molecule has 6 nitrogen and oxygen atoms in total. The van der Waals surface area contributed by atoms with Gasteiger partial charge < -0.3 is 14.9 Å². The molecule has 108 valence electrons. The van der Waals surface area contributed by atoms with Crippen molar-refractivity contribution < 1.29 is 17.4 Å². The first-order valence-corrected chi connectivity index (χ1v) is 7.86.